The van der Waals surface area contributed by atoms with E-state index in [1.54, 1.807) is 0 Å². The van der Waals surface area contributed by atoms with Crippen LogP contribution in [0.5, 0.6) is 0 Å². The molecule has 0 amide bonds. The Morgan fingerprint density at radius 3 is 2.12 bits per heavy atom. The van der Waals surface area contributed by atoms with E-state index < -0.39 is 23.1 Å². The van der Waals surface area contributed by atoms with Crippen LogP contribution in [0, 0.1) is 10.1 Å². The van der Waals surface area contributed by atoms with Crippen molar-refractivity contribution in [1.29, 1.82) is 0 Å². The average Bonchev–Trinajstić information content (AvgIpc) is 2.27. The van der Waals surface area contributed by atoms with Gasteiger partial charge in [0, 0.05) is 12.1 Å². The van der Waals surface area contributed by atoms with Gasteiger partial charge in [-0.25, -0.2) is 4.79 Å². The number of non-ortho nitro benzene ring substituents is 1. The molecule has 0 aliphatic carbocycles. The van der Waals surface area contributed by atoms with Crippen molar-refractivity contribution in [2.75, 3.05) is 0 Å². The molecule has 0 bridgehead atoms. The van der Waals surface area contributed by atoms with Crippen molar-refractivity contribution >= 4 is 11.7 Å². The molecule has 1 rings (SSSR count). The molecule has 0 fully saturated rings. The smallest absolute Gasteiger partial charge is 0.335 e. The first kappa shape index (κ1) is 12.1. The van der Waals surface area contributed by atoms with Gasteiger partial charge in [-0.15, -0.1) is 0 Å². The first-order valence-electron chi connectivity index (χ1n) is 4.26. The minimum absolute atomic E-state index is 0.0977. The van der Waals surface area contributed by atoms with Gasteiger partial charge in [-0.05, 0) is 17.7 Å². The van der Waals surface area contributed by atoms with Crippen LogP contribution in [0.1, 0.15) is 11.7 Å². The highest BCUT2D eigenvalue weighted by atomic mass is 16.6. The zero-order chi connectivity index (χ0) is 12.3. The van der Waals surface area contributed by atoms with Crippen LogP contribution in [-0.2, 0) is 4.79 Å². The molecule has 7 nitrogen and oxygen atoms in total. The SMILES string of the molecule is O=C(O)C(O)C(O)c1ccc([N+](=O)[O-])cc1. The van der Waals surface area contributed by atoms with Gasteiger partial charge in [0.15, 0.2) is 6.10 Å². The van der Waals surface area contributed by atoms with E-state index in [2.05, 4.69) is 0 Å². The molecular formula is C9H9NO6. The number of carboxylic acid groups (broad SMARTS) is 1. The van der Waals surface area contributed by atoms with Gasteiger partial charge < -0.3 is 15.3 Å². The number of benzene rings is 1. The van der Waals surface area contributed by atoms with Crippen molar-refractivity contribution in [1.82, 2.24) is 0 Å². The summed E-state index contributed by atoms with van der Waals surface area (Å²) in [6.45, 7) is 0. The molecule has 86 valence electrons. The van der Waals surface area contributed by atoms with Crippen molar-refractivity contribution in [3.63, 3.8) is 0 Å². The molecule has 16 heavy (non-hydrogen) atoms. The van der Waals surface area contributed by atoms with Gasteiger partial charge in [-0.2, -0.15) is 0 Å². The Morgan fingerprint density at radius 1 is 1.25 bits per heavy atom. The number of nitro groups is 1. The van der Waals surface area contributed by atoms with Crippen molar-refractivity contribution < 1.29 is 25.0 Å². The van der Waals surface area contributed by atoms with Gasteiger partial charge >= 0.3 is 5.97 Å². The summed E-state index contributed by atoms with van der Waals surface area (Å²) >= 11 is 0. The Balaban J connectivity index is 2.89. The van der Waals surface area contributed by atoms with E-state index in [9.17, 15) is 20.0 Å². The van der Waals surface area contributed by atoms with Gasteiger partial charge in [0.05, 0.1) is 4.92 Å². The Morgan fingerprint density at radius 2 is 1.75 bits per heavy atom. The highest BCUT2D eigenvalue weighted by Gasteiger charge is 2.25. The van der Waals surface area contributed by atoms with Crippen LogP contribution in [0.2, 0.25) is 0 Å². The van der Waals surface area contributed by atoms with Crippen LogP contribution >= 0.6 is 0 Å². The number of nitro benzene ring substituents is 1. The molecule has 0 aliphatic rings. The highest BCUT2D eigenvalue weighted by molar-refractivity contribution is 5.73. The van der Waals surface area contributed by atoms with E-state index in [0.29, 0.717) is 0 Å². The van der Waals surface area contributed by atoms with Gasteiger partial charge in [-0.3, -0.25) is 10.1 Å². The number of aliphatic carboxylic acids is 1. The molecule has 2 atom stereocenters. The van der Waals surface area contributed by atoms with E-state index in [1.165, 1.54) is 12.1 Å². The Hall–Kier alpha value is -1.99. The van der Waals surface area contributed by atoms with E-state index in [1.807, 2.05) is 0 Å². The van der Waals surface area contributed by atoms with Crippen molar-refractivity contribution in [3.8, 4) is 0 Å². The van der Waals surface area contributed by atoms with Crippen molar-refractivity contribution in [2.24, 2.45) is 0 Å². The Bertz CT molecular complexity index is 401. The fraction of sp³-hybridized carbons (Fsp3) is 0.222. The fourth-order valence-corrected chi connectivity index (χ4v) is 1.11. The van der Waals surface area contributed by atoms with Gasteiger partial charge in [-0.1, -0.05) is 0 Å². The van der Waals surface area contributed by atoms with Crippen molar-refractivity contribution in [3.05, 3.63) is 39.9 Å². The number of carboxylic acids is 1. The quantitative estimate of drug-likeness (QED) is 0.494. The summed E-state index contributed by atoms with van der Waals surface area (Å²) in [4.78, 5) is 20.1. The van der Waals surface area contributed by atoms with Crippen LogP contribution in [-0.4, -0.2) is 32.3 Å². The standard InChI is InChI=1S/C9H9NO6/c11-7(8(12)9(13)14)5-1-3-6(4-2-5)10(15)16/h1-4,7-8,11-12H,(H,13,14). The van der Waals surface area contributed by atoms with Crippen LogP contribution < -0.4 is 0 Å². The molecular weight excluding hydrogens is 218 g/mol. The monoisotopic (exact) mass is 227 g/mol. The zero-order valence-corrected chi connectivity index (χ0v) is 7.98. The predicted molar refractivity (Wildman–Crippen MR) is 51.7 cm³/mol. The molecule has 1 aromatic rings. The minimum Gasteiger partial charge on any atom is -0.479 e. The predicted octanol–water partition coefficient (Wildman–Crippen LogP) is 0.0737. The zero-order valence-electron chi connectivity index (χ0n) is 7.98. The second kappa shape index (κ2) is 4.69. The largest absolute Gasteiger partial charge is 0.479 e. The molecule has 0 aromatic heterocycles. The summed E-state index contributed by atoms with van der Waals surface area (Å²) in [5, 5.41) is 37.2. The third kappa shape index (κ3) is 2.53. The number of aliphatic hydroxyl groups is 2. The molecule has 0 spiro atoms. The lowest BCUT2D eigenvalue weighted by Gasteiger charge is -2.13. The number of hydrogen-bond donors (Lipinski definition) is 3. The maximum atomic E-state index is 10.4. The second-order valence-electron chi connectivity index (χ2n) is 3.08. The first-order valence-corrected chi connectivity index (χ1v) is 4.26. The number of rotatable bonds is 4. The number of hydrogen-bond acceptors (Lipinski definition) is 5. The van der Waals surface area contributed by atoms with E-state index in [-0.39, 0.29) is 11.3 Å². The van der Waals surface area contributed by atoms with Gasteiger partial charge in [0.1, 0.15) is 6.10 Å². The summed E-state index contributed by atoms with van der Waals surface area (Å²) in [6.07, 6.45) is -3.57. The minimum atomic E-state index is -1.96. The Labute approximate surface area is 89.7 Å². The van der Waals surface area contributed by atoms with Gasteiger partial charge in [0.2, 0.25) is 0 Å². The highest BCUT2D eigenvalue weighted by Crippen LogP contribution is 2.20. The lowest BCUT2D eigenvalue weighted by Crippen LogP contribution is -2.27. The van der Waals surface area contributed by atoms with E-state index in [4.69, 9.17) is 10.2 Å². The molecule has 3 N–H and O–H groups in total. The lowest BCUT2D eigenvalue weighted by molar-refractivity contribution is -0.384. The first-order chi connectivity index (χ1) is 7.43. The molecule has 0 aliphatic heterocycles. The molecule has 0 saturated heterocycles. The van der Waals surface area contributed by atoms with Gasteiger partial charge in [0.25, 0.3) is 5.69 Å². The van der Waals surface area contributed by atoms with E-state index in [0.717, 1.165) is 12.1 Å². The second-order valence-corrected chi connectivity index (χ2v) is 3.08. The summed E-state index contributed by atoms with van der Waals surface area (Å²) in [7, 11) is 0. The summed E-state index contributed by atoms with van der Waals surface area (Å²) in [6, 6.07) is 4.62. The molecule has 0 radical (unpaired) electrons. The normalized spacial score (nSPS) is 14.1. The molecule has 2 unspecified atom stereocenters. The summed E-state index contributed by atoms with van der Waals surface area (Å²) in [5.41, 5.74) is -0.0822. The number of aliphatic hydroxyl groups excluding tert-OH is 2. The Kier molecular flexibility index (Phi) is 3.54. The molecule has 0 heterocycles. The summed E-state index contributed by atoms with van der Waals surface area (Å²) < 4.78 is 0. The van der Waals surface area contributed by atoms with Crippen LogP contribution in [0.4, 0.5) is 5.69 Å². The topological polar surface area (TPSA) is 121 Å². The van der Waals surface area contributed by atoms with Crippen LogP contribution in [0.15, 0.2) is 24.3 Å². The molecule has 7 heteroatoms. The van der Waals surface area contributed by atoms with Crippen LogP contribution in [0.3, 0.4) is 0 Å². The third-order valence-electron chi connectivity index (χ3n) is 2.00. The molecule has 1 aromatic carbocycles. The number of nitrogens with zero attached hydrogens (tertiary/aromatic N) is 1. The van der Waals surface area contributed by atoms with E-state index >= 15 is 0 Å². The maximum Gasteiger partial charge on any atom is 0.335 e. The molecule has 0 saturated carbocycles. The maximum absolute atomic E-state index is 10.4. The third-order valence-corrected chi connectivity index (χ3v) is 2.00. The fourth-order valence-electron chi connectivity index (χ4n) is 1.11. The average molecular weight is 227 g/mol. The lowest BCUT2D eigenvalue weighted by atomic mass is 10.0. The summed E-state index contributed by atoms with van der Waals surface area (Å²) in [5.74, 6) is -1.56. The van der Waals surface area contributed by atoms with Crippen molar-refractivity contribution in [2.45, 2.75) is 12.2 Å². The number of carbonyl (C=O) groups is 1. The van der Waals surface area contributed by atoms with Crippen LogP contribution in [0.25, 0.3) is 0 Å².